The molecule has 1 heterocycles. The zero-order valence-electron chi connectivity index (χ0n) is 20.7. The third-order valence-electron chi connectivity index (χ3n) is 4.33. The first-order valence-corrected chi connectivity index (χ1v) is 11.7. The highest BCUT2D eigenvalue weighted by atomic mass is 16.7. The number of esters is 1. The summed E-state index contributed by atoms with van der Waals surface area (Å²) in [4.78, 5) is 18.9. The minimum atomic E-state index is -0.407. The number of ether oxygens (including phenoxy) is 7. The fourth-order valence-corrected chi connectivity index (χ4v) is 2.46. The summed E-state index contributed by atoms with van der Waals surface area (Å²) in [6, 6.07) is 0. The largest absolute Gasteiger partial charge is 0.460 e. The van der Waals surface area contributed by atoms with Crippen molar-refractivity contribution in [1.29, 1.82) is 0 Å². The van der Waals surface area contributed by atoms with Gasteiger partial charge in [0.05, 0.1) is 85.9 Å². The molecule has 0 N–H and O–H groups in total. The lowest BCUT2D eigenvalue weighted by molar-refractivity contribution is -0.143. The quantitative estimate of drug-likeness (QED) is 0.111. The highest BCUT2D eigenvalue weighted by molar-refractivity contribution is 5.86. The fraction of sp³-hybridized carbons (Fsp3) is 0.783. The standard InChI is InChI=1S/C23H42N2O9/c1-4-24-5-6-25(21-24)34-20-18-32-16-14-30-12-10-28-8-7-27-9-11-29-13-15-31-17-19-33-23(26)22(2)3/h5-6H,2,4,7-21H2,1,3H3. The van der Waals surface area contributed by atoms with Crippen molar-refractivity contribution in [3.05, 3.63) is 24.6 Å². The number of rotatable bonds is 24. The molecule has 0 fully saturated rings. The molecule has 0 amide bonds. The second kappa shape index (κ2) is 21.8. The Morgan fingerprint density at radius 1 is 0.706 bits per heavy atom. The lowest BCUT2D eigenvalue weighted by Crippen LogP contribution is -2.26. The maximum atomic E-state index is 11.1. The molecule has 0 spiro atoms. The van der Waals surface area contributed by atoms with Crippen LogP contribution in [0.3, 0.4) is 0 Å². The molecule has 198 valence electrons. The van der Waals surface area contributed by atoms with Gasteiger partial charge >= 0.3 is 5.97 Å². The first kappa shape index (κ1) is 30.3. The van der Waals surface area contributed by atoms with Crippen molar-refractivity contribution in [1.82, 2.24) is 9.96 Å². The van der Waals surface area contributed by atoms with Gasteiger partial charge in [-0.1, -0.05) is 6.58 Å². The number of hydrogen-bond acceptors (Lipinski definition) is 11. The molecule has 0 aromatic rings. The molecular weight excluding hydrogens is 448 g/mol. The van der Waals surface area contributed by atoms with Crippen LogP contribution in [0, 0.1) is 0 Å². The van der Waals surface area contributed by atoms with Crippen molar-refractivity contribution in [2.24, 2.45) is 0 Å². The zero-order chi connectivity index (χ0) is 24.7. The third kappa shape index (κ3) is 17.7. The van der Waals surface area contributed by atoms with Gasteiger partial charge in [0.2, 0.25) is 0 Å². The smallest absolute Gasteiger partial charge is 0.333 e. The minimum Gasteiger partial charge on any atom is -0.460 e. The molecule has 0 saturated carbocycles. The molecule has 1 aliphatic rings. The van der Waals surface area contributed by atoms with Crippen LogP contribution in [0.2, 0.25) is 0 Å². The molecule has 1 aliphatic heterocycles. The molecule has 34 heavy (non-hydrogen) atoms. The Morgan fingerprint density at radius 3 is 1.50 bits per heavy atom. The Balaban J connectivity index is 1.67. The lowest BCUT2D eigenvalue weighted by atomic mass is 10.4. The van der Waals surface area contributed by atoms with Gasteiger partial charge in [-0.15, -0.1) is 0 Å². The number of carbonyl (C=O) groups is 1. The Bertz CT molecular complexity index is 549. The van der Waals surface area contributed by atoms with Gasteiger partial charge in [0.25, 0.3) is 0 Å². The Hall–Kier alpha value is -1.73. The molecule has 0 unspecified atom stereocenters. The summed E-state index contributed by atoms with van der Waals surface area (Å²) in [5.41, 5.74) is 0.375. The molecule has 1 rings (SSSR count). The van der Waals surface area contributed by atoms with Gasteiger partial charge in [0.15, 0.2) is 0 Å². The highest BCUT2D eigenvalue weighted by Crippen LogP contribution is 2.05. The number of carbonyl (C=O) groups excluding carboxylic acids is 1. The van der Waals surface area contributed by atoms with Gasteiger partial charge in [0.1, 0.15) is 13.3 Å². The van der Waals surface area contributed by atoms with E-state index in [1.54, 1.807) is 12.0 Å². The maximum Gasteiger partial charge on any atom is 0.333 e. The summed E-state index contributed by atoms with van der Waals surface area (Å²) < 4.78 is 37.4. The van der Waals surface area contributed by atoms with Crippen LogP contribution in [0.1, 0.15) is 13.8 Å². The molecule has 0 aromatic carbocycles. The Labute approximate surface area is 203 Å². The summed E-state index contributed by atoms with van der Waals surface area (Å²) in [6.45, 7) is 15.4. The summed E-state index contributed by atoms with van der Waals surface area (Å²) in [6.07, 6.45) is 3.92. The summed E-state index contributed by atoms with van der Waals surface area (Å²) in [5.74, 6) is -0.407. The topological polar surface area (TPSA) is 97.4 Å². The van der Waals surface area contributed by atoms with Crippen LogP contribution >= 0.6 is 0 Å². The molecule has 0 aromatic heterocycles. The number of nitrogens with zero attached hydrogens (tertiary/aromatic N) is 2. The predicted molar refractivity (Wildman–Crippen MR) is 125 cm³/mol. The lowest BCUT2D eigenvalue weighted by Gasteiger charge is -2.19. The van der Waals surface area contributed by atoms with Crippen molar-refractivity contribution < 1.29 is 42.8 Å². The van der Waals surface area contributed by atoms with Gasteiger partial charge in [0, 0.05) is 24.5 Å². The second-order valence-corrected chi connectivity index (χ2v) is 7.19. The second-order valence-electron chi connectivity index (χ2n) is 7.19. The number of hydroxylamine groups is 2. The van der Waals surface area contributed by atoms with Gasteiger partial charge in [-0.3, -0.25) is 4.84 Å². The van der Waals surface area contributed by atoms with E-state index in [-0.39, 0.29) is 6.61 Å². The molecule has 0 bridgehead atoms. The Morgan fingerprint density at radius 2 is 1.12 bits per heavy atom. The predicted octanol–water partition coefficient (Wildman–Crippen LogP) is 1.20. The van der Waals surface area contributed by atoms with Gasteiger partial charge in [-0.05, 0) is 13.8 Å². The van der Waals surface area contributed by atoms with Crippen molar-refractivity contribution in [2.45, 2.75) is 13.8 Å². The molecule has 0 radical (unpaired) electrons. The van der Waals surface area contributed by atoms with Crippen LogP contribution in [0.25, 0.3) is 0 Å². The average molecular weight is 491 g/mol. The van der Waals surface area contributed by atoms with Crippen LogP contribution in [-0.2, 0) is 42.8 Å². The fourth-order valence-electron chi connectivity index (χ4n) is 2.46. The monoisotopic (exact) mass is 490 g/mol. The van der Waals surface area contributed by atoms with E-state index in [0.29, 0.717) is 91.5 Å². The third-order valence-corrected chi connectivity index (χ3v) is 4.33. The van der Waals surface area contributed by atoms with Crippen LogP contribution in [-0.4, -0.2) is 122 Å². The number of hydrogen-bond donors (Lipinski definition) is 0. The van der Waals surface area contributed by atoms with E-state index in [1.807, 2.05) is 12.4 Å². The van der Waals surface area contributed by atoms with E-state index in [1.165, 1.54) is 0 Å². The van der Waals surface area contributed by atoms with E-state index in [2.05, 4.69) is 18.4 Å². The highest BCUT2D eigenvalue weighted by Gasteiger charge is 2.10. The van der Waals surface area contributed by atoms with E-state index in [4.69, 9.17) is 38.0 Å². The SMILES string of the molecule is C=C(C)C(=O)OCCOCCOCCOCCOCCOCCOCCON1C=CN(CC)C1. The van der Waals surface area contributed by atoms with E-state index < -0.39 is 5.97 Å². The van der Waals surface area contributed by atoms with E-state index in [0.717, 1.165) is 13.2 Å². The molecule has 0 atom stereocenters. The van der Waals surface area contributed by atoms with Crippen LogP contribution in [0.15, 0.2) is 24.6 Å². The first-order valence-electron chi connectivity index (χ1n) is 11.7. The molecule has 11 heteroatoms. The molecule has 0 saturated heterocycles. The van der Waals surface area contributed by atoms with Crippen molar-refractivity contribution in [2.75, 3.05) is 106 Å². The normalized spacial score (nSPS) is 13.1. The van der Waals surface area contributed by atoms with Gasteiger partial charge < -0.3 is 38.1 Å². The summed E-state index contributed by atoms with van der Waals surface area (Å²) in [7, 11) is 0. The van der Waals surface area contributed by atoms with E-state index in [9.17, 15) is 4.79 Å². The van der Waals surface area contributed by atoms with Gasteiger partial charge in [-0.25, -0.2) is 9.86 Å². The molecular formula is C23H42N2O9. The maximum absolute atomic E-state index is 11.1. The van der Waals surface area contributed by atoms with Crippen LogP contribution in [0.4, 0.5) is 0 Å². The summed E-state index contributed by atoms with van der Waals surface area (Å²) >= 11 is 0. The Kier molecular flexibility index (Phi) is 19.4. The van der Waals surface area contributed by atoms with Gasteiger partial charge in [-0.2, -0.15) is 0 Å². The summed E-state index contributed by atoms with van der Waals surface area (Å²) in [5, 5.41) is 1.80. The molecule has 0 aliphatic carbocycles. The van der Waals surface area contributed by atoms with Crippen molar-refractivity contribution >= 4 is 5.97 Å². The average Bonchev–Trinajstić information content (AvgIpc) is 3.30. The van der Waals surface area contributed by atoms with Crippen molar-refractivity contribution in [3.8, 4) is 0 Å². The van der Waals surface area contributed by atoms with Crippen LogP contribution < -0.4 is 0 Å². The van der Waals surface area contributed by atoms with Crippen molar-refractivity contribution in [3.63, 3.8) is 0 Å². The van der Waals surface area contributed by atoms with Crippen LogP contribution in [0.5, 0.6) is 0 Å². The first-order chi connectivity index (χ1) is 16.6. The molecule has 11 nitrogen and oxygen atoms in total. The van der Waals surface area contributed by atoms with E-state index >= 15 is 0 Å². The zero-order valence-corrected chi connectivity index (χ0v) is 20.7. The minimum absolute atomic E-state index is 0.207.